The molecule has 1 amide bonds. The first-order valence-electron chi connectivity index (χ1n) is 6.47. The molecule has 2 atom stereocenters. The summed E-state index contributed by atoms with van der Waals surface area (Å²) in [5.74, 6) is -2.02. The third kappa shape index (κ3) is 4.15. The van der Waals surface area contributed by atoms with Crippen molar-refractivity contribution in [1.29, 1.82) is 0 Å². The number of carbonyl (C=O) groups is 2. The zero-order valence-corrected chi connectivity index (χ0v) is 12.1. The van der Waals surface area contributed by atoms with Gasteiger partial charge >= 0.3 is 5.97 Å². The van der Waals surface area contributed by atoms with E-state index in [1.54, 1.807) is 6.92 Å². The summed E-state index contributed by atoms with van der Waals surface area (Å²) in [6.45, 7) is 1.60. The topological polar surface area (TPSA) is 124 Å². The van der Waals surface area contributed by atoms with Gasteiger partial charge in [-0.3, -0.25) is 4.79 Å². The smallest absolute Gasteiger partial charge is 0.334 e. The standard InChI is InChI=1S/C11H20N2O6S/c1-2-6-20(18,19)13-5-3-4-8(13)10(15)12-7-9(14)11(16)17/h8-9,14H,2-7H2,1H3,(H,12,15)(H,16,17)/t8?,9-/m0/s1. The number of carbonyl (C=O) groups excluding carboxylic acids is 1. The summed E-state index contributed by atoms with van der Waals surface area (Å²) >= 11 is 0. The van der Waals surface area contributed by atoms with Crippen molar-refractivity contribution in [2.75, 3.05) is 18.8 Å². The molecule has 116 valence electrons. The molecule has 3 N–H and O–H groups in total. The van der Waals surface area contributed by atoms with Crippen LogP contribution in [0.1, 0.15) is 26.2 Å². The van der Waals surface area contributed by atoms with Crippen LogP contribution in [0.4, 0.5) is 0 Å². The number of hydrogen-bond donors (Lipinski definition) is 3. The number of carboxylic acid groups (broad SMARTS) is 1. The normalized spacial score (nSPS) is 21.6. The molecular formula is C11H20N2O6S. The number of carboxylic acids is 1. The van der Waals surface area contributed by atoms with Crippen LogP contribution in [-0.2, 0) is 19.6 Å². The predicted octanol–water partition coefficient (Wildman–Crippen LogP) is -1.25. The maximum Gasteiger partial charge on any atom is 0.334 e. The number of aliphatic hydroxyl groups is 1. The molecule has 1 fully saturated rings. The number of aliphatic carboxylic acids is 1. The Balaban J connectivity index is 2.65. The molecule has 0 aromatic heterocycles. The number of sulfonamides is 1. The second-order valence-corrected chi connectivity index (χ2v) is 6.73. The van der Waals surface area contributed by atoms with E-state index in [2.05, 4.69) is 5.32 Å². The van der Waals surface area contributed by atoms with Crippen LogP contribution in [0.2, 0.25) is 0 Å². The van der Waals surface area contributed by atoms with Gasteiger partial charge in [0.2, 0.25) is 15.9 Å². The summed E-state index contributed by atoms with van der Waals surface area (Å²) in [6, 6.07) is -0.812. The minimum atomic E-state index is -3.47. The Hall–Kier alpha value is -1.19. The highest BCUT2D eigenvalue weighted by Gasteiger charge is 2.38. The van der Waals surface area contributed by atoms with Crippen molar-refractivity contribution in [3.8, 4) is 0 Å². The molecule has 0 spiro atoms. The fourth-order valence-corrected chi connectivity index (χ4v) is 3.86. The summed E-state index contributed by atoms with van der Waals surface area (Å²) < 4.78 is 25.2. The van der Waals surface area contributed by atoms with Crippen LogP contribution in [0.3, 0.4) is 0 Å². The minimum absolute atomic E-state index is 0.0193. The Kier molecular flexibility index (Phi) is 5.90. The van der Waals surface area contributed by atoms with Gasteiger partial charge in [-0.05, 0) is 19.3 Å². The average molecular weight is 308 g/mol. The molecule has 0 bridgehead atoms. The molecule has 20 heavy (non-hydrogen) atoms. The Labute approximate surface area is 117 Å². The highest BCUT2D eigenvalue weighted by molar-refractivity contribution is 7.89. The average Bonchev–Trinajstić information content (AvgIpc) is 2.85. The summed E-state index contributed by atoms with van der Waals surface area (Å²) in [7, 11) is -3.47. The van der Waals surface area contributed by atoms with Crippen LogP contribution >= 0.6 is 0 Å². The lowest BCUT2D eigenvalue weighted by atomic mass is 10.2. The lowest BCUT2D eigenvalue weighted by molar-refractivity contribution is -0.146. The lowest BCUT2D eigenvalue weighted by Crippen LogP contribution is -2.48. The Morgan fingerprint density at radius 3 is 2.65 bits per heavy atom. The van der Waals surface area contributed by atoms with E-state index in [9.17, 15) is 18.0 Å². The number of amides is 1. The van der Waals surface area contributed by atoms with Crippen LogP contribution in [0.15, 0.2) is 0 Å². The van der Waals surface area contributed by atoms with Crippen molar-refractivity contribution in [3.05, 3.63) is 0 Å². The maximum atomic E-state index is 12.0. The molecule has 1 aliphatic heterocycles. The third-order valence-electron chi connectivity index (χ3n) is 3.08. The highest BCUT2D eigenvalue weighted by atomic mass is 32.2. The largest absolute Gasteiger partial charge is 0.479 e. The summed E-state index contributed by atoms with van der Waals surface area (Å²) in [5.41, 5.74) is 0. The van der Waals surface area contributed by atoms with Gasteiger partial charge in [-0.15, -0.1) is 0 Å². The molecule has 0 radical (unpaired) electrons. The SMILES string of the molecule is CCCS(=O)(=O)N1CCCC1C(=O)NC[C@H](O)C(=O)O. The van der Waals surface area contributed by atoms with E-state index in [0.29, 0.717) is 25.8 Å². The fourth-order valence-electron chi connectivity index (χ4n) is 2.11. The fraction of sp³-hybridized carbons (Fsp3) is 0.818. The summed E-state index contributed by atoms with van der Waals surface area (Å²) in [5, 5.41) is 19.9. The minimum Gasteiger partial charge on any atom is -0.479 e. The van der Waals surface area contributed by atoms with Crippen LogP contribution in [0, 0.1) is 0 Å². The number of nitrogens with zero attached hydrogens (tertiary/aromatic N) is 1. The molecule has 9 heteroatoms. The Morgan fingerprint density at radius 1 is 1.45 bits per heavy atom. The van der Waals surface area contributed by atoms with Crippen LogP contribution in [-0.4, -0.2) is 65.8 Å². The molecule has 1 heterocycles. The molecule has 0 aliphatic carbocycles. The molecule has 1 saturated heterocycles. The first-order chi connectivity index (χ1) is 9.29. The highest BCUT2D eigenvalue weighted by Crippen LogP contribution is 2.21. The van der Waals surface area contributed by atoms with Crippen molar-refractivity contribution in [2.24, 2.45) is 0 Å². The number of hydrogen-bond acceptors (Lipinski definition) is 5. The van der Waals surface area contributed by atoms with Gasteiger partial charge in [-0.1, -0.05) is 6.92 Å². The van der Waals surface area contributed by atoms with E-state index in [4.69, 9.17) is 10.2 Å². The predicted molar refractivity (Wildman–Crippen MR) is 70.5 cm³/mol. The van der Waals surface area contributed by atoms with Gasteiger partial charge in [0.05, 0.1) is 12.3 Å². The van der Waals surface area contributed by atoms with E-state index in [-0.39, 0.29) is 5.75 Å². The first-order valence-corrected chi connectivity index (χ1v) is 8.08. The van der Waals surface area contributed by atoms with E-state index in [1.807, 2.05) is 0 Å². The van der Waals surface area contributed by atoms with E-state index in [1.165, 1.54) is 4.31 Å². The molecule has 0 saturated carbocycles. The van der Waals surface area contributed by atoms with Gasteiger partial charge in [-0.2, -0.15) is 4.31 Å². The van der Waals surface area contributed by atoms with Crippen molar-refractivity contribution < 1.29 is 28.2 Å². The van der Waals surface area contributed by atoms with Gasteiger partial charge in [0, 0.05) is 6.54 Å². The molecule has 0 aromatic rings. The lowest BCUT2D eigenvalue weighted by Gasteiger charge is -2.23. The number of rotatable bonds is 7. The molecule has 1 aliphatic rings. The maximum absolute atomic E-state index is 12.0. The quantitative estimate of drug-likeness (QED) is 0.540. The van der Waals surface area contributed by atoms with Crippen LogP contribution < -0.4 is 5.32 Å². The third-order valence-corrected chi connectivity index (χ3v) is 5.16. The molecule has 8 nitrogen and oxygen atoms in total. The molecule has 0 aromatic carbocycles. The van der Waals surface area contributed by atoms with Gasteiger partial charge in [0.15, 0.2) is 6.10 Å². The van der Waals surface area contributed by atoms with Gasteiger partial charge < -0.3 is 15.5 Å². The summed E-state index contributed by atoms with van der Waals surface area (Å²) in [4.78, 5) is 22.3. The number of nitrogens with one attached hydrogen (secondary N) is 1. The second-order valence-electron chi connectivity index (χ2n) is 4.68. The van der Waals surface area contributed by atoms with Crippen LogP contribution in [0.25, 0.3) is 0 Å². The van der Waals surface area contributed by atoms with Crippen LogP contribution in [0.5, 0.6) is 0 Å². The van der Waals surface area contributed by atoms with E-state index in [0.717, 1.165) is 0 Å². The Bertz CT molecular complexity index is 464. The van der Waals surface area contributed by atoms with E-state index >= 15 is 0 Å². The number of aliphatic hydroxyl groups excluding tert-OH is 1. The Morgan fingerprint density at radius 2 is 2.10 bits per heavy atom. The van der Waals surface area contributed by atoms with Crippen molar-refractivity contribution >= 4 is 21.9 Å². The van der Waals surface area contributed by atoms with E-state index < -0.39 is 40.6 Å². The van der Waals surface area contributed by atoms with Gasteiger partial charge in [0.25, 0.3) is 0 Å². The van der Waals surface area contributed by atoms with Crippen molar-refractivity contribution in [1.82, 2.24) is 9.62 Å². The zero-order chi connectivity index (χ0) is 15.3. The summed E-state index contributed by atoms with van der Waals surface area (Å²) in [6.07, 6.45) is -0.244. The molecule has 1 unspecified atom stereocenters. The monoisotopic (exact) mass is 308 g/mol. The second kappa shape index (κ2) is 7.00. The molecule has 1 rings (SSSR count). The van der Waals surface area contributed by atoms with Crippen molar-refractivity contribution in [3.63, 3.8) is 0 Å². The van der Waals surface area contributed by atoms with Gasteiger partial charge in [-0.25, -0.2) is 13.2 Å². The first kappa shape index (κ1) is 16.9. The van der Waals surface area contributed by atoms with Gasteiger partial charge in [0.1, 0.15) is 6.04 Å². The zero-order valence-electron chi connectivity index (χ0n) is 11.3. The molecular weight excluding hydrogens is 288 g/mol. The van der Waals surface area contributed by atoms with Crippen molar-refractivity contribution in [2.45, 2.75) is 38.3 Å².